The zero-order chi connectivity index (χ0) is 27.6. The summed E-state index contributed by atoms with van der Waals surface area (Å²) in [5, 5.41) is 0. The van der Waals surface area contributed by atoms with Crippen LogP contribution >= 0.6 is 0 Å². The van der Waals surface area contributed by atoms with Crippen molar-refractivity contribution in [2.24, 2.45) is 0 Å². The van der Waals surface area contributed by atoms with Crippen molar-refractivity contribution in [3.05, 3.63) is 76.6 Å². The first-order chi connectivity index (χ1) is 18.0. The van der Waals surface area contributed by atoms with Crippen LogP contribution < -0.4 is 0 Å². The van der Waals surface area contributed by atoms with Gasteiger partial charge in [0.15, 0.2) is 5.78 Å². The normalized spacial score (nSPS) is 13.0. The van der Waals surface area contributed by atoms with E-state index in [1.165, 1.54) is 42.5 Å². The van der Waals surface area contributed by atoms with E-state index in [2.05, 4.69) is 11.1 Å². The zero-order valence-corrected chi connectivity index (χ0v) is 22.2. The van der Waals surface area contributed by atoms with Crippen molar-refractivity contribution in [3.63, 3.8) is 0 Å². The predicted molar refractivity (Wildman–Crippen MR) is 140 cm³/mol. The summed E-state index contributed by atoms with van der Waals surface area (Å²) in [6.07, 6.45) is 2.18. The maximum Gasteiger partial charge on any atom is 0.337 e. The second kappa shape index (κ2) is 10.6. The number of methoxy groups -OCH3 is 1. The lowest BCUT2D eigenvalue weighted by Crippen LogP contribution is -2.36. The van der Waals surface area contributed by atoms with Crippen molar-refractivity contribution < 1.29 is 28.7 Å². The first-order valence-corrected chi connectivity index (χ1v) is 12.4. The highest BCUT2D eigenvalue weighted by Gasteiger charge is 2.28. The number of ether oxygens (including phenoxy) is 2. The van der Waals surface area contributed by atoms with Gasteiger partial charge < -0.3 is 18.9 Å². The van der Waals surface area contributed by atoms with Gasteiger partial charge in [0.05, 0.1) is 18.2 Å². The van der Waals surface area contributed by atoms with Gasteiger partial charge in [0.1, 0.15) is 23.7 Å². The lowest BCUT2D eigenvalue weighted by molar-refractivity contribution is -0.155. The quantitative estimate of drug-likeness (QED) is 0.358. The van der Waals surface area contributed by atoms with Gasteiger partial charge in [0, 0.05) is 31.8 Å². The Morgan fingerprint density at radius 1 is 1.03 bits per heavy atom. The Balaban J connectivity index is 1.79. The Kier molecular flexibility index (Phi) is 7.48. The SMILES string of the molecule is COC(=O)c1ccc(-c2nc(C(C)=O)cn2CC(=O)OC(C)(C)C)c(C(=O)N2CCc3ccccc3C2)c1. The standard InChI is InChI=1S/C29H31N3O6/c1-18(33)24-16-32(17-25(34)38-29(2,3)4)26(30-24)22-11-10-20(28(36)37-5)14-23(22)27(35)31-13-12-19-8-6-7-9-21(19)15-31/h6-11,14,16H,12-13,15,17H2,1-5H3. The predicted octanol–water partition coefficient (Wildman–Crippen LogP) is 4.08. The number of benzene rings is 2. The van der Waals surface area contributed by atoms with Gasteiger partial charge in [-0.15, -0.1) is 0 Å². The van der Waals surface area contributed by atoms with Crippen LogP contribution in [0.2, 0.25) is 0 Å². The summed E-state index contributed by atoms with van der Waals surface area (Å²) in [6.45, 7) is 7.38. The van der Waals surface area contributed by atoms with Gasteiger partial charge in [0.2, 0.25) is 0 Å². The summed E-state index contributed by atoms with van der Waals surface area (Å²) in [7, 11) is 1.27. The maximum absolute atomic E-state index is 13.9. The van der Waals surface area contributed by atoms with Crippen LogP contribution in [-0.2, 0) is 33.8 Å². The molecule has 1 aromatic heterocycles. The van der Waals surface area contributed by atoms with Crippen molar-refractivity contribution in [3.8, 4) is 11.4 Å². The molecule has 9 heteroatoms. The molecule has 0 N–H and O–H groups in total. The van der Waals surface area contributed by atoms with Gasteiger partial charge in [-0.1, -0.05) is 24.3 Å². The number of nitrogens with zero attached hydrogens (tertiary/aromatic N) is 3. The van der Waals surface area contributed by atoms with Crippen molar-refractivity contribution in [1.82, 2.24) is 14.5 Å². The summed E-state index contributed by atoms with van der Waals surface area (Å²) >= 11 is 0. The third-order valence-electron chi connectivity index (χ3n) is 6.19. The van der Waals surface area contributed by atoms with Crippen LogP contribution in [0.1, 0.15) is 70.0 Å². The molecule has 0 radical (unpaired) electrons. The molecule has 1 aliphatic heterocycles. The Labute approximate surface area is 221 Å². The van der Waals surface area contributed by atoms with E-state index in [0.717, 1.165) is 5.56 Å². The number of ketones is 1. The minimum Gasteiger partial charge on any atom is -0.465 e. The third kappa shape index (κ3) is 5.82. The number of hydrogen-bond acceptors (Lipinski definition) is 7. The summed E-state index contributed by atoms with van der Waals surface area (Å²) in [5.74, 6) is -1.44. The summed E-state index contributed by atoms with van der Waals surface area (Å²) < 4.78 is 11.8. The van der Waals surface area contributed by atoms with E-state index in [1.54, 1.807) is 31.7 Å². The molecule has 198 valence electrons. The maximum atomic E-state index is 13.9. The van der Waals surface area contributed by atoms with E-state index in [9.17, 15) is 19.2 Å². The minimum absolute atomic E-state index is 0.144. The Hall–Kier alpha value is -4.27. The monoisotopic (exact) mass is 517 g/mol. The molecule has 0 saturated carbocycles. The molecule has 4 rings (SSSR count). The molecule has 0 fully saturated rings. The largest absolute Gasteiger partial charge is 0.465 e. The number of rotatable bonds is 6. The number of aromatic nitrogens is 2. The van der Waals surface area contributed by atoms with Crippen LogP contribution in [0, 0.1) is 0 Å². The fraction of sp³-hybridized carbons (Fsp3) is 0.345. The van der Waals surface area contributed by atoms with Gasteiger partial charge in [-0.25, -0.2) is 9.78 Å². The molecule has 2 heterocycles. The van der Waals surface area contributed by atoms with Crippen molar-refractivity contribution in [1.29, 1.82) is 0 Å². The summed E-state index contributed by atoms with van der Waals surface area (Å²) in [4.78, 5) is 57.3. The highest BCUT2D eigenvalue weighted by atomic mass is 16.6. The Bertz CT molecular complexity index is 1420. The Morgan fingerprint density at radius 3 is 2.39 bits per heavy atom. The number of hydrogen-bond donors (Lipinski definition) is 0. The van der Waals surface area contributed by atoms with Crippen molar-refractivity contribution >= 4 is 23.6 Å². The van der Waals surface area contributed by atoms with Crippen LogP contribution in [0.5, 0.6) is 0 Å². The molecular formula is C29H31N3O6. The Morgan fingerprint density at radius 2 is 1.74 bits per heavy atom. The molecule has 0 spiro atoms. The van der Waals surface area contributed by atoms with Gasteiger partial charge in [-0.05, 0) is 56.5 Å². The van der Waals surface area contributed by atoms with E-state index < -0.39 is 17.5 Å². The topological polar surface area (TPSA) is 108 Å². The first kappa shape index (κ1) is 26.8. The second-order valence-corrected chi connectivity index (χ2v) is 10.2. The van der Waals surface area contributed by atoms with E-state index in [0.29, 0.717) is 25.1 Å². The number of carbonyl (C=O) groups is 4. The smallest absolute Gasteiger partial charge is 0.337 e. The minimum atomic E-state index is -0.699. The average Bonchev–Trinajstić information content (AvgIpc) is 3.29. The molecule has 9 nitrogen and oxygen atoms in total. The number of carbonyl (C=O) groups excluding carboxylic acids is 4. The number of imidazole rings is 1. The number of fused-ring (bicyclic) bond motifs is 1. The van der Waals surface area contributed by atoms with Crippen molar-refractivity contribution in [2.75, 3.05) is 13.7 Å². The highest BCUT2D eigenvalue weighted by molar-refractivity contribution is 6.03. The van der Waals surface area contributed by atoms with E-state index in [-0.39, 0.29) is 40.9 Å². The lowest BCUT2D eigenvalue weighted by atomic mass is 9.97. The number of amides is 1. The van der Waals surface area contributed by atoms with Gasteiger partial charge in [-0.3, -0.25) is 14.4 Å². The highest BCUT2D eigenvalue weighted by Crippen LogP contribution is 2.29. The molecule has 0 saturated heterocycles. The fourth-order valence-electron chi connectivity index (χ4n) is 4.43. The molecule has 0 unspecified atom stereocenters. The van der Waals surface area contributed by atoms with Crippen LogP contribution in [0.3, 0.4) is 0 Å². The summed E-state index contributed by atoms with van der Waals surface area (Å²) in [5.41, 5.74) is 2.51. The molecule has 3 aromatic rings. The molecule has 1 amide bonds. The fourth-order valence-corrected chi connectivity index (χ4v) is 4.43. The number of Topliss-reactive ketones (excluding diaryl/α,β-unsaturated/α-hetero) is 1. The van der Waals surface area contributed by atoms with Crippen molar-refractivity contribution in [2.45, 2.75) is 52.8 Å². The summed E-state index contributed by atoms with van der Waals surface area (Å²) in [6, 6.07) is 12.6. The molecule has 0 aliphatic carbocycles. The van der Waals surface area contributed by atoms with E-state index in [1.807, 2.05) is 18.2 Å². The van der Waals surface area contributed by atoms with E-state index in [4.69, 9.17) is 9.47 Å². The molecule has 1 aliphatic rings. The molecular weight excluding hydrogens is 486 g/mol. The molecule has 2 aromatic carbocycles. The zero-order valence-electron chi connectivity index (χ0n) is 22.2. The average molecular weight is 518 g/mol. The van der Waals surface area contributed by atoms with E-state index >= 15 is 0 Å². The van der Waals surface area contributed by atoms with Crippen LogP contribution in [0.4, 0.5) is 0 Å². The van der Waals surface area contributed by atoms with Crippen LogP contribution in [-0.4, -0.2) is 57.3 Å². The van der Waals surface area contributed by atoms with Gasteiger partial charge in [0.25, 0.3) is 5.91 Å². The molecule has 38 heavy (non-hydrogen) atoms. The van der Waals surface area contributed by atoms with Crippen LogP contribution in [0.25, 0.3) is 11.4 Å². The second-order valence-electron chi connectivity index (χ2n) is 10.2. The van der Waals surface area contributed by atoms with Gasteiger partial charge in [-0.2, -0.15) is 0 Å². The van der Waals surface area contributed by atoms with Crippen LogP contribution in [0.15, 0.2) is 48.7 Å². The number of esters is 2. The molecule has 0 atom stereocenters. The van der Waals surface area contributed by atoms with Gasteiger partial charge >= 0.3 is 11.9 Å². The molecule has 0 bridgehead atoms. The first-order valence-electron chi connectivity index (χ1n) is 12.4. The third-order valence-corrected chi connectivity index (χ3v) is 6.19. The lowest BCUT2D eigenvalue weighted by Gasteiger charge is -2.29.